The Morgan fingerprint density at radius 2 is 1.67 bits per heavy atom. The van der Waals surface area contributed by atoms with E-state index in [9.17, 15) is 4.79 Å². The third kappa shape index (κ3) is 5.43. The number of hydrogen-bond donors (Lipinski definition) is 1. The molecular weight excluding hydrogens is 542 g/mol. The summed E-state index contributed by atoms with van der Waals surface area (Å²) in [4.78, 5) is 27.7. The summed E-state index contributed by atoms with van der Waals surface area (Å²) in [5, 5.41) is 4.48. The molecule has 5 heterocycles. The minimum Gasteiger partial charge on any atom is -0.491 e. The van der Waals surface area contributed by atoms with Crippen LogP contribution < -0.4 is 21.1 Å². The van der Waals surface area contributed by atoms with Gasteiger partial charge in [-0.3, -0.25) is 14.0 Å². The van der Waals surface area contributed by atoms with Crippen molar-refractivity contribution in [3.63, 3.8) is 0 Å². The third-order valence-corrected chi connectivity index (χ3v) is 7.49. The highest BCUT2D eigenvalue weighted by molar-refractivity contribution is 5.88. The molecule has 0 unspecified atom stereocenters. The minimum absolute atomic E-state index is 0.143. The third-order valence-electron chi connectivity index (χ3n) is 7.49. The van der Waals surface area contributed by atoms with E-state index in [1.807, 2.05) is 12.1 Å². The number of rotatable bonds is 12. The lowest BCUT2D eigenvalue weighted by molar-refractivity contribution is 0.146. The first-order chi connectivity index (χ1) is 20.6. The summed E-state index contributed by atoms with van der Waals surface area (Å²) in [6.07, 6.45) is 1.55. The molecule has 14 heteroatoms. The van der Waals surface area contributed by atoms with Gasteiger partial charge in [0.2, 0.25) is 11.8 Å². The summed E-state index contributed by atoms with van der Waals surface area (Å²) in [7, 11) is 3.26. The number of piperazine rings is 1. The first kappa shape index (κ1) is 27.8. The Morgan fingerprint density at radius 3 is 2.38 bits per heavy atom. The molecule has 0 spiro atoms. The van der Waals surface area contributed by atoms with E-state index in [0.29, 0.717) is 67.9 Å². The predicted octanol–water partition coefficient (Wildman–Crippen LogP) is 1.58. The molecule has 1 aliphatic heterocycles. The Morgan fingerprint density at radius 1 is 0.881 bits per heavy atom. The van der Waals surface area contributed by atoms with Gasteiger partial charge in [0.25, 0.3) is 0 Å². The monoisotopic (exact) mass is 577 g/mol. The predicted molar refractivity (Wildman–Crippen MR) is 157 cm³/mol. The van der Waals surface area contributed by atoms with Gasteiger partial charge in [0.05, 0.1) is 26.0 Å². The molecule has 14 nitrogen and oxygen atoms in total. The van der Waals surface area contributed by atoms with E-state index in [1.54, 1.807) is 41.7 Å². The number of nitrogens with zero attached hydrogens (tertiary/aromatic N) is 8. The molecule has 1 fully saturated rings. The van der Waals surface area contributed by atoms with Crippen molar-refractivity contribution in [2.75, 3.05) is 77.4 Å². The molecule has 1 aromatic carbocycles. The lowest BCUT2D eigenvalue weighted by Crippen LogP contribution is -2.47. The van der Waals surface area contributed by atoms with Crippen molar-refractivity contribution >= 4 is 28.4 Å². The number of nitrogens with two attached hydrogens (primary N) is 1. The SMILES string of the molecule is COCCOc1ccc(N2CCN(CCn3c(=O)n(CCOC)c4c3nc(N)n3nc(-c5ccco5)nc43)CC2)cc1. The molecule has 1 aliphatic rings. The number of anilines is 2. The quantitative estimate of drug-likeness (QED) is 0.216. The fraction of sp³-hybridized carbons (Fsp3) is 0.429. The molecule has 1 saturated heterocycles. The van der Waals surface area contributed by atoms with Crippen molar-refractivity contribution in [3.05, 3.63) is 53.1 Å². The maximum absolute atomic E-state index is 13.7. The fourth-order valence-electron chi connectivity index (χ4n) is 5.26. The number of furan rings is 1. The molecule has 0 aliphatic carbocycles. The molecule has 42 heavy (non-hydrogen) atoms. The number of ether oxygens (including phenoxy) is 3. The zero-order valence-corrected chi connectivity index (χ0v) is 23.8. The molecule has 0 saturated carbocycles. The zero-order valence-electron chi connectivity index (χ0n) is 23.8. The van der Waals surface area contributed by atoms with Crippen molar-refractivity contribution in [2.45, 2.75) is 13.1 Å². The standard InChI is InChI=1S/C28H35N9O5/c1-39-17-15-35-23-25(31-27(29)37-26(23)30-24(32-37)22-4-3-16-42-22)36(28(35)38)14-11-33-9-12-34(13-10-33)20-5-7-21(8-6-20)41-19-18-40-2/h3-8,16H,9-15,17-19H2,1-2H3,(H2,29,31). The number of methoxy groups -OCH3 is 2. The maximum Gasteiger partial charge on any atom is 0.330 e. The van der Waals surface area contributed by atoms with E-state index in [4.69, 9.17) is 24.4 Å². The van der Waals surface area contributed by atoms with Crippen LogP contribution in [-0.4, -0.2) is 100 Å². The second-order valence-electron chi connectivity index (χ2n) is 10.0. The van der Waals surface area contributed by atoms with Crippen molar-refractivity contribution in [1.29, 1.82) is 0 Å². The van der Waals surface area contributed by atoms with Gasteiger partial charge in [0.1, 0.15) is 17.9 Å². The Labute approximate surface area is 241 Å². The van der Waals surface area contributed by atoms with E-state index >= 15 is 0 Å². The van der Waals surface area contributed by atoms with E-state index in [0.717, 1.165) is 37.6 Å². The molecule has 0 radical (unpaired) electrons. The van der Waals surface area contributed by atoms with Crippen LogP contribution in [-0.2, 0) is 22.6 Å². The highest BCUT2D eigenvalue weighted by Crippen LogP contribution is 2.24. The summed E-state index contributed by atoms with van der Waals surface area (Å²) < 4.78 is 26.3. The van der Waals surface area contributed by atoms with E-state index in [1.165, 1.54) is 4.52 Å². The Balaban J connectivity index is 1.19. The lowest BCUT2D eigenvalue weighted by atomic mass is 10.2. The molecule has 2 N–H and O–H groups in total. The highest BCUT2D eigenvalue weighted by Gasteiger charge is 2.24. The minimum atomic E-state index is -0.184. The first-order valence-corrected chi connectivity index (χ1v) is 13.9. The Kier molecular flexibility index (Phi) is 8.08. The Hall–Kier alpha value is -4.40. The van der Waals surface area contributed by atoms with Gasteiger partial charge in [-0.25, -0.2) is 9.78 Å². The van der Waals surface area contributed by atoms with Gasteiger partial charge >= 0.3 is 5.69 Å². The fourth-order valence-corrected chi connectivity index (χ4v) is 5.26. The average molecular weight is 578 g/mol. The lowest BCUT2D eigenvalue weighted by Gasteiger charge is -2.36. The van der Waals surface area contributed by atoms with Gasteiger partial charge < -0.3 is 29.3 Å². The number of imidazole rings is 1. The summed E-state index contributed by atoms with van der Waals surface area (Å²) in [6.45, 7) is 6.47. The smallest absolute Gasteiger partial charge is 0.330 e. The van der Waals surface area contributed by atoms with Crippen molar-refractivity contribution in [1.82, 2.24) is 33.6 Å². The first-order valence-electron chi connectivity index (χ1n) is 13.9. The van der Waals surface area contributed by atoms with E-state index < -0.39 is 0 Å². The Bertz CT molecular complexity index is 1680. The summed E-state index contributed by atoms with van der Waals surface area (Å²) in [6, 6.07) is 11.7. The van der Waals surface area contributed by atoms with Crippen LogP contribution in [0.15, 0.2) is 51.9 Å². The number of nitrogen functional groups attached to an aromatic ring is 1. The summed E-state index contributed by atoms with van der Waals surface area (Å²) in [5.41, 5.74) is 8.77. The van der Waals surface area contributed by atoms with Gasteiger partial charge in [0, 0.05) is 59.2 Å². The van der Waals surface area contributed by atoms with Gasteiger partial charge in [-0.1, -0.05) is 0 Å². The molecule has 0 amide bonds. The van der Waals surface area contributed by atoms with Crippen LogP contribution in [0.5, 0.6) is 5.75 Å². The van der Waals surface area contributed by atoms with Gasteiger partial charge in [0.15, 0.2) is 17.1 Å². The number of aromatic nitrogens is 6. The molecule has 222 valence electrons. The number of benzene rings is 1. The van der Waals surface area contributed by atoms with Crippen molar-refractivity contribution < 1.29 is 18.6 Å². The molecular formula is C28H35N9O5. The van der Waals surface area contributed by atoms with Gasteiger partial charge in [-0.2, -0.15) is 9.50 Å². The van der Waals surface area contributed by atoms with Crippen molar-refractivity contribution in [2.24, 2.45) is 0 Å². The number of fused-ring (bicyclic) bond motifs is 3. The zero-order chi connectivity index (χ0) is 29.1. The van der Waals surface area contributed by atoms with Crippen LogP contribution in [0.1, 0.15) is 0 Å². The van der Waals surface area contributed by atoms with Crippen LogP contribution in [0.25, 0.3) is 28.4 Å². The normalized spacial score (nSPS) is 14.4. The van der Waals surface area contributed by atoms with E-state index in [-0.39, 0.29) is 11.6 Å². The summed E-state index contributed by atoms with van der Waals surface area (Å²) in [5.74, 6) is 1.84. The van der Waals surface area contributed by atoms with Crippen LogP contribution >= 0.6 is 0 Å². The maximum atomic E-state index is 13.7. The second-order valence-corrected chi connectivity index (χ2v) is 10.0. The summed E-state index contributed by atoms with van der Waals surface area (Å²) >= 11 is 0. The van der Waals surface area contributed by atoms with Crippen molar-refractivity contribution in [3.8, 4) is 17.3 Å². The topological polar surface area (TPSA) is 143 Å². The van der Waals surface area contributed by atoms with Gasteiger partial charge in [-0.15, -0.1) is 5.10 Å². The molecule has 5 aromatic rings. The van der Waals surface area contributed by atoms with Crippen LogP contribution in [0.3, 0.4) is 0 Å². The van der Waals surface area contributed by atoms with Crippen LogP contribution in [0.2, 0.25) is 0 Å². The van der Waals surface area contributed by atoms with Crippen LogP contribution in [0, 0.1) is 0 Å². The van der Waals surface area contributed by atoms with Crippen LogP contribution in [0.4, 0.5) is 11.6 Å². The molecule has 4 aromatic heterocycles. The number of hydrogen-bond acceptors (Lipinski definition) is 11. The average Bonchev–Trinajstić information content (AvgIpc) is 3.75. The largest absolute Gasteiger partial charge is 0.491 e. The molecule has 0 bridgehead atoms. The van der Waals surface area contributed by atoms with Gasteiger partial charge in [-0.05, 0) is 36.4 Å². The molecule has 6 rings (SSSR count). The highest BCUT2D eigenvalue weighted by atomic mass is 16.5. The molecule has 0 atom stereocenters. The second kappa shape index (κ2) is 12.2. The van der Waals surface area contributed by atoms with E-state index in [2.05, 4.69) is 37.0 Å².